The molecule has 4 heteroatoms. The molecule has 0 fully saturated rings. The Kier molecular flexibility index (Phi) is 5.26. The van der Waals surface area contributed by atoms with E-state index in [0.717, 1.165) is 6.42 Å². The van der Waals surface area contributed by atoms with Gasteiger partial charge in [0.05, 0.1) is 6.61 Å². The van der Waals surface area contributed by atoms with E-state index in [9.17, 15) is 4.79 Å². The van der Waals surface area contributed by atoms with Crippen LogP contribution in [0.1, 0.15) is 23.7 Å². The lowest BCUT2D eigenvalue weighted by molar-refractivity contribution is 0.0852. The van der Waals surface area contributed by atoms with Gasteiger partial charge in [0.25, 0.3) is 0 Å². The van der Waals surface area contributed by atoms with Crippen molar-refractivity contribution in [1.82, 2.24) is 0 Å². The summed E-state index contributed by atoms with van der Waals surface area (Å²) < 4.78 is 3.70. The average molecular weight is 261 g/mol. The van der Waals surface area contributed by atoms with E-state index in [4.69, 9.17) is 27.9 Å². The SMILES string of the molecule is CCCOCC(Cl)(Cl)C(=O)c1ccccc1. The molecule has 0 bridgehead atoms. The molecular formula is C12H14Cl2O2. The second kappa shape index (κ2) is 6.24. The molecule has 0 unspecified atom stereocenters. The molecule has 0 aromatic heterocycles. The first-order chi connectivity index (χ1) is 7.58. The van der Waals surface area contributed by atoms with Crippen LogP contribution in [0.3, 0.4) is 0 Å². The van der Waals surface area contributed by atoms with Crippen LogP contribution in [-0.4, -0.2) is 23.3 Å². The summed E-state index contributed by atoms with van der Waals surface area (Å²) in [7, 11) is 0. The summed E-state index contributed by atoms with van der Waals surface area (Å²) in [6.07, 6.45) is 0.864. The first kappa shape index (κ1) is 13.5. The van der Waals surface area contributed by atoms with Gasteiger partial charge in [-0.15, -0.1) is 0 Å². The molecule has 0 saturated heterocycles. The lowest BCUT2D eigenvalue weighted by Crippen LogP contribution is -2.31. The van der Waals surface area contributed by atoms with E-state index in [-0.39, 0.29) is 12.4 Å². The topological polar surface area (TPSA) is 26.3 Å². The van der Waals surface area contributed by atoms with Gasteiger partial charge in [0, 0.05) is 12.2 Å². The largest absolute Gasteiger partial charge is 0.378 e. The molecule has 1 aromatic carbocycles. The summed E-state index contributed by atoms with van der Waals surface area (Å²) in [6, 6.07) is 8.73. The lowest BCUT2D eigenvalue weighted by Gasteiger charge is -2.17. The summed E-state index contributed by atoms with van der Waals surface area (Å²) in [4.78, 5) is 11.9. The maximum Gasteiger partial charge on any atom is 0.203 e. The third-order valence-corrected chi connectivity index (χ3v) is 2.56. The molecule has 1 aromatic rings. The molecule has 0 radical (unpaired) electrons. The minimum absolute atomic E-state index is 0.0116. The van der Waals surface area contributed by atoms with Crippen LogP contribution in [0.5, 0.6) is 0 Å². The average Bonchev–Trinajstić information content (AvgIpc) is 2.29. The highest BCUT2D eigenvalue weighted by atomic mass is 35.5. The Morgan fingerprint density at radius 3 is 2.50 bits per heavy atom. The highest BCUT2D eigenvalue weighted by molar-refractivity contribution is 6.60. The third-order valence-electron chi connectivity index (χ3n) is 2.00. The third kappa shape index (κ3) is 3.78. The second-order valence-electron chi connectivity index (χ2n) is 3.45. The van der Waals surface area contributed by atoms with E-state index < -0.39 is 4.33 Å². The molecule has 0 saturated carbocycles. The van der Waals surface area contributed by atoms with Gasteiger partial charge in [0.1, 0.15) is 0 Å². The summed E-state index contributed by atoms with van der Waals surface area (Å²) >= 11 is 11.9. The monoisotopic (exact) mass is 260 g/mol. The normalized spacial score (nSPS) is 11.4. The van der Waals surface area contributed by atoms with Gasteiger partial charge < -0.3 is 4.74 Å². The number of benzene rings is 1. The van der Waals surface area contributed by atoms with E-state index in [2.05, 4.69) is 0 Å². The molecule has 0 aliphatic carbocycles. The first-order valence-corrected chi connectivity index (χ1v) is 5.89. The van der Waals surface area contributed by atoms with Crippen LogP contribution in [0, 0.1) is 0 Å². The van der Waals surface area contributed by atoms with Gasteiger partial charge in [0.15, 0.2) is 0 Å². The van der Waals surface area contributed by atoms with Crippen molar-refractivity contribution >= 4 is 29.0 Å². The molecule has 0 atom stereocenters. The van der Waals surface area contributed by atoms with Crippen molar-refractivity contribution in [2.24, 2.45) is 0 Å². The molecule has 0 N–H and O–H groups in total. The number of ketones is 1. The van der Waals surface area contributed by atoms with Gasteiger partial charge in [-0.05, 0) is 6.42 Å². The number of rotatable bonds is 6. The van der Waals surface area contributed by atoms with Crippen molar-refractivity contribution in [3.8, 4) is 0 Å². The van der Waals surface area contributed by atoms with Gasteiger partial charge in [-0.25, -0.2) is 0 Å². The standard InChI is InChI=1S/C12H14Cl2O2/c1-2-8-16-9-12(13,14)11(15)10-6-4-3-5-7-10/h3-7H,2,8-9H2,1H3. The Labute approximate surface area is 106 Å². The van der Waals surface area contributed by atoms with Gasteiger partial charge in [-0.1, -0.05) is 60.5 Å². The molecule has 88 valence electrons. The van der Waals surface area contributed by atoms with E-state index in [1.165, 1.54) is 0 Å². The highest BCUT2D eigenvalue weighted by Crippen LogP contribution is 2.26. The minimum atomic E-state index is -1.50. The second-order valence-corrected chi connectivity index (χ2v) is 4.94. The van der Waals surface area contributed by atoms with Crippen LogP contribution in [0.4, 0.5) is 0 Å². The van der Waals surface area contributed by atoms with E-state index in [1.807, 2.05) is 13.0 Å². The summed E-state index contributed by atoms with van der Waals surface area (Å²) in [5, 5.41) is 0. The van der Waals surface area contributed by atoms with Gasteiger partial charge in [-0.2, -0.15) is 0 Å². The lowest BCUT2D eigenvalue weighted by atomic mass is 10.1. The Morgan fingerprint density at radius 2 is 1.94 bits per heavy atom. The quantitative estimate of drug-likeness (QED) is 0.445. The van der Waals surface area contributed by atoms with Crippen molar-refractivity contribution in [3.05, 3.63) is 35.9 Å². The summed E-state index contributed by atoms with van der Waals surface area (Å²) in [6.45, 7) is 2.53. The Hall–Kier alpha value is -0.570. The zero-order chi connectivity index (χ0) is 12.0. The van der Waals surface area contributed by atoms with Crippen LogP contribution in [0.25, 0.3) is 0 Å². The fourth-order valence-electron chi connectivity index (χ4n) is 1.21. The predicted octanol–water partition coefficient (Wildman–Crippen LogP) is 3.47. The van der Waals surface area contributed by atoms with Crippen molar-refractivity contribution in [2.75, 3.05) is 13.2 Å². The minimum Gasteiger partial charge on any atom is -0.378 e. The number of halogens is 2. The number of Topliss-reactive ketones (excluding diaryl/α,β-unsaturated/α-hetero) is 1. The summed E-state index contributed by atoms with van der Waals surface area (Å²) in [5.41, 5.74) is 0.493. The molecule has 0 heterocycles. The molecular weight excluding hydrogens is 247 g/mol. The van der Waals surface area contributed by atoms with Crippen molar-refractivity contribution < 1.29 is 9.53 Å². The maximum absolute atomic E-state index is 11.9. The number of carbonyl (C=O) groups excluding carboxylic acids is 1. The maximum atomic E-state index is 11.9. The predicted molar refractivity (Wildman–Crippen MR) is 66.3 cm³/mol. The van der Waals surface area contributed by atoms with E-state index >= 15 is 0 Å². The van der Waals surface area contributed by atoms with Crippen molar-refractivity contribution in [3.63, 3.8) is 0 Å². The van der Waals surface area contributed by atoms with Gasteiger partial charge >= 0.3 is 0 Å². The molecule has 2 nitrogen and oxygen atoms in total. The first-order valence-electron chi connectivity index (χ1n) is 5.13. The van der Waals surface area contributed by atoms with Crippen LogP contribution in [0.15, 0.2) is 30.3 Å². The van der Waals surface area contributed by atoms with Crippen LogP contribution in [0.2, 0.25) is 0 Å². The fraction of sp³-hybridized carbons (Fsp3) is 0.417. The molecule has 1 rings (SSSR count). The van der Waals surface area contributed by atoms with Crippen LogP contribution >= 0.6 is 23.2 Å². The van der Waals surface area contributed by atoms with Gasteiger partial charge in [-0.3, -0.25) is 4.79 Å². The van der Waals surface area contributed by atoms with Crippen LogP contribution in [-0.2, 0) is 4.74 Å². The summed E-state index contributed by atoms with van der Waals surface area (Å²) in [5.74, 6) is -0.326. The van der Waals surface area contributed by atoms with E-state index in [1.54, 1.807) is 24.3 Å². The molecule has 16 heavy (non-hydrogen) atoms. The van der Waals surface area contributed by atoms with Crippen molar-refractivity contribution in [2.45, 2.75) is 17.7 Å². The van der Waals surface area contributed by atoms with E-state index in [0.29, 0.717) is 12.2 Å². The number of alkyl halides is 2. The van der Waals surface area contributed by atoms with Crippen LogP contribution < -0.4 is 0 Å². The Bertz CT molecular complexity index is 336. The zero-order valence-corrected chi connectivity index (χ0v) is 10.6. The Morgan fingerprint density at radius 1 is 1.31 bits per heavy atom. The fourth-order valence-corrected chi connectivity index (χ4v) is 1.58. The molecule has 0 amide bonds. The highest BCUT2D eigenvalue weighted by Gasteiger charge is 2.34. The molecule has 0 aliphatic heterocycles. The molecule has 0 spiro atoms. The number of carbonyl (C=O) groups is 1. The zero-order valence-electron chi connectivity index (χ0n) is 9.08. The molecule has 0 aliphatic rings. The van der Waals surface area contributed by atoms with Crippen molar-refractivity contribution in [1.29, 1.82) is 0 Å². The number of hydrogen-bond donors (Lipinski definition) is 0. The Balaban J connectivity index is 2.65. The number of ether oxygens (including phenoxy) is 1. The smallest absolute Gasteiger partial charge is 0.203 e. The van der Waals surface area contributed by atoms with Gasteiger partial charge in [0.2, 0.25) is 10.1 Å². The number of hydrogen-bond acceptors (Lipinski definition) is 2.